The summed E-state index contributed by atoms with van der Waals surface area (Å²) in [5.74, 6) is -0.703. The van der Waals surface area contributed by atoms with Crippen LogP contribution in [0.1, 0.15) is 19.8 Å². The van der Waals surface area contributed by atoms with Gasteiger partial charge in [0, 0.05) is 0 Å². The second-order valence-electron chi connectivity index (χ2n) is 9.73. The number of hydrogen-bond acceptors (Lipinski definition) is 5. The Hall–Kier alpha value is 0.451. The molecule has 150 valence electrons. The van der Waals surface area contributed by atoms with Crippen molar-refractivity contribution in [3.05, 3.63) is 0 Å². The highest BCUT2D eigenvalue weighted by molar-refractivity contribution is 6.82. The quantitative estimate of drug-likeness (QED) is 0.422. The maximum atomic E-state index is 6.62. The number of hydrogen-bond donors (Lipinski definition) is 0. The van der Waals surface area contributed by atoms with Crippen LogP contribution in [-0.2, 0) is 17.7 Å². The smallest absolute Gasteiger partial charge is 0.327 e. The summed E-state index contributed by atoms with van der Waals surface area (Å²) in [6.07, 6.45) is 1.93. The first kappa shape index (κ1) is 23.5. The van der Waals surface area contributed by atoms with Crippen molar-refractivity contribution in [1.82, 2.24) is 4.90 Å². The lowest BCUT2D eigenvalue weighted by molar-refractivity contribution is -0.242. The Balaban J connectivity index is 2.86. The minimum Gasteiger partial charge on any atom is -0.436 e. The van der Waals surface area contributed by atoms with Crippen LogP contribution in [-0.4, -0.2) is 69.2 Å². The van der Waals surface area contributed by atoms with E-state index in [1.54, 1.807) is 0 Å². The van der Waals surface area contributed by atoms with E-state index in [1.165, 1.54) is 0 Å². The highest BCUT2D eigenvalue weighted by atomic mass is 28.4. The van der Waals surface area contributed by atoms with Crippen LogP contribution >= 0.6 is 0 Å². The molecule has 0 aliphatic carbocycles. The Morgan fingerprint density at radius 1 is 1.12 bits per heavy atom. The zero-order valence-corrected chi connectivity index (χ0v) is 21.2. The Morgan fingerprint density at radius 2 is 1.72 bits per heavy atom. The number of rotatable bonds is 9. The largest absolute Gasteiger partial charge is 0.436 e. The van der Waals surface area contributed by atoms with Gasteiger partial charge in [0.15, 0.2) is 22.4 Å². The first-order valence-corrected chi connectivity index (χ1v) is 18.9. The summed E-state index contributed by atoms with van der Waals surface area (Å²) in [5, 5.41) is 0. The second kappa shape index (κ2) is 8.64. The molecule has 3 atom stereocenters. The zero-order valence-electron chi connectivity index (χ0n) is 18.2. The fourth-order valence-corrected chi connectivity index (χ4v) is 12.2. The van der Waals surface area contributed by atoms with Crippen molar-refractivity contribution in [1.29, 1.82) is 0 Å². The average molecular weight is 408 g/mol. The predicted molar refractivity (Wildman–Crippen MR) is 112 cm³/mol. The van der Waals surface area contributed by atoms with Crippen LogP contribution in [0.2, 0.25) is 51.9 Å². The summed E-state index contributed by atoms with van der Waals surface area (Å²) in [4.78, 5) is 2.18. The molecular weight excluding hydrogens is 366 g/mol. The molecule has 1 heterocycles. The molecule has 5 nitrogen and oxygen atoms in total. The molecule has 25 heavy (non-hydrogen) atoms. The molecule has 1 rings (SSSR count). The monoisotopic (exact) mass is 407 g/mol. The van der Waals surface area contributed by atoms with Crippen molar-refractivity contribution in [3.63, 3.8) is 0 Å². The topological polar surface area (TPSA) is 40.2 Å². The predicted octanol–water partition coefficient (Wildman–Crippen LogP) is 4.23. The van der Waals surface area contributed by atoms with E-state index in [1.807, 2.05) is 0 Å². The fourth-order valence-electron chi connectivity index (χ4n) is 3.29. The third-order valence-corrected chi connectivity index (χ3v) is 11.2. The first-order chi connectivity index (χ1) is 11.1. The molecule has 1 saturated heterocycles. The Kier molecular flexibility index (Phi) is 8.12. The van der Waals surface area contributed by atoms with Crippen molar-refractivity contribution in [2.75, 3.05) is 27.2 Å². The summed E-state index contributed by atoms with van der Waals surface area (Å²) in [5.41, 5.74) is 0. The van der Waals surface area contributed by atoms with Gasteiger partial charge in [0.25, 0.3) is 0 Å². The average Bonchev–Trinajstić information content (AvgIpc) is 2.34. The van der Waals surface area contributed by atoms with E-state index in [2.05, 4.69) is 71.7 Å². The van der Waals surface area contributed by atoms with Crippen LogP contribution in [0.4, 0.5) is 0 Å². The van der Waals surface area contributed by atoms with Gasteiger partial charge in [-0.25, -0.2) is 0 Å². The van der Waals surface area contributed by atoms with E-state index < -0.39 is 31.0 Å². The van der Waals surface area contributed by atoms with Gasteiger partial charge in [-0.2, -0.15) is 0 Å². The van der Waals surface area contributed by atoms with Crippen molar-refractivity contribution in [3.8, 4) is 0 Å². The number of nitrogens with zero attached hydrogens (tertiary/aromatic N) is 1. The van der Waals surface area contributed by atoms with Gasteiger partial charge in [0.1, 0.15) is 0 Å². The normalized spacial score (nSPS) is 31.6. The summed E-state index contributed by atoms with van der Waals surface area (Å²) in [7, 11) is -1.41. The summed E-state index contributed by atoms with van der Waals surface area (Å²) in [6.45, 7) is 19.3. The molecular formula is C17H41NO4Si3. The van der Waals surface area contributed by atoms with Gasteiger partial charge in [-0.1, -0.05) is 0 Å². The third kappa shape index (κ3) is 8.79. The first-order valence-electron chi connectivity index (χ1n) is 9.51. The Morgan fingerprint density at radius 3 is 2.20 bits per heavy atom. The van der Waals surface area contributed by atoms with E-state index in [0.29, 0.717) is 6.61 Å². The lowest BCUT2D eigenvalue weighted by atomic mass is 10.1. The molecule has 0 spiro atoms. The lowest BCUT2D eigenvalue weighted by Crippen LogP contribution is -2.63. The minimum absolute atomic E-state index is 0.00988. The van der Waals surface area contributed by atoms with Crippen LogP contribution in [0, 0.1) is 0 Å². The zero-order chi connectivity index (χ0) is 19.5. The molecule has 0 N–H and O–H groups in total. The highest BCUT2D eigenvalue weighted by Gasteiger charge is 2.52. The molecule has 0 amide bonds. The van der Waals surface area contributed by atoms with Crippen molar-refractivity contribution >= 4 is 25.2 Å². The van der Waals surface area contributed by atoms with Gasteiger partial charge in [0.05, 0.1) is 12.7 Å². The minimum atomic E-state index is -2.24. The van der Waals surface area contributed by atoms with Crippen molar-refractivity contribution in [2.24, 2.45) is 0 Å². The maximum absolute atomic E-state index is 6.62. The van der Waals surface area contributed by atoms with E-state index in [4.69, 9.17) is 17.7 Å². The van der Waals surface area contributed by atoms with Gasteiger partial charge in [-0.15, -0.1) is 0 Å². The molecule has 0 aromatic heterocycles. The summed E-state index contributed by atoms with van der Waals surface area (Å²) < 4.78 is 25.9. The van der Waals surface area contributed by atoms with Crippen molar-refractivity contribution in [2.45, 2.75) is 83.5 Å². The molecule has 1 aliphatic heterocycles. The van der Waals surface area contributed by atoms with E-state index in [9.17, 15) is 0 Å². The molecule has 8 heteroatoms. The van der Waals surface area contributed by atoms with E-state index >= 15 is 0 Å². The maximum Gasteiger partial charge on any atom is 0.327 e. The van der Waals surface area contributed by atoms with Gasteiger partial charge in [-0.3, -0.25) is 0 Å². The molecule has 0 saturated carbocycles. The van der Waals surface area contributed by atoms with Gasteiger partial charge < -0.3 is 22.6 Å². The number of ether oxygens (including phenoxy) is 1. The third-order valence-electron chi connectivity index (χ3n) is 4.02. The fraction of sp³-hybridized carbons (Fsp3) is 1.00. The molecule has 0 aromatic rings. The molecule has 0 radical (unpaired) electrons. The van der Waals surface area contributed by atoms with Crippen LogP contribution in [0.25, 0.3) is 0 Å². The standard InChI is InChI=1S/C17H41NO4Si3/c1-17(19-14-11-13-18(2)3)16(20-23(4,5)6)12-15-25(10,21-17)22-24(7,8)9/h16H,11-15H2,1-10H3. The molecule has 1 aliphatic rings. The van der Waals surface area contributed by atoms with Crippen LogP contribution < -0.4 is 0 Å². The van der Waals surface area contributed by atoms with Gasteiger partial charge in [-0.05, 0) is 92.3 Å². The Bertz CT molecular complexity index is 425. The summed E-state index contributed by atoms with van der Waals surface area (Å²) in [6, 6.07) is 0.975. The van der Waals surface area contributed by atoms with E-state index in [-0.39, 0.29) is 6.10 Å². The molecule has 0 bridgehead atoms. The lowest BCUT2D eigenvalue weighted by Gasteiger charge is -2.50. The van der Waals surface area contributed by atoms with E-state index in [0.717, 1.165) is 25.4 Å². The SMILES string of the molecule is CN(C)CCCOC1(C)O[Si](C)(O[Si](C)(C)C)CCC1O[Si](C)(C)C. The molecule has 3 unspecified atom stereocenters. The Labute approximate surface area is 158 Å². The van der Waals surface area contributed by atoms with Crippen LogP contribution in [0.15, 0.2) is 0 Å². The summed E-state index contributed by atoms with van der Waals surface area (Å²) >= 11 is 0. The highest BCUT2D eigenvalue weighted by Crippen LogP contribution is 2.39. The van der Waals surface area contributed by atoms with Gasteiger partial charge >= 0.3 is 8.56 Å². The van der Waals surface area contributed by atoms with Gasteiger partial charge in [0.2, 0.25) is 0 Å². The molecule has 0 aromatic carbocycles. The second-order valence-corrected chi connectivity index (χ2v) is 22.2. The molecule has 1 fully saturated rings. The van der Waals surface area contributed by atoms with Crippen LogP contribution in [0.3, 0.4) is 0 Å². The van der Waals surface area contributed by atoms with Crippen molar-refractivity contribution < 1.29 is 17.7 Å². The van der Waals surface area contributed by atoms with Crippen LogP contribution in [0.5, 0.6) is 0 Å².